The Morgan fingerprint density at radius 1 is 1.43 bits per heavy atom. The van der Waals surface area contributed by atoms with Gasteiger partial charge in [0.2, 0.25) is 0 Å². The van der Waals surface area contributed by atoms with E-state index in [-0.39, 0.29) is 5.97 Å². The van der Waals surface area contributed by atoms with E-state index >= 15 is 0 Å². The fraction of sp³-hybridized carbons (Fsp3) is 0.250. The fourth-order valence-electron chi connectivity index (χ4n) is 1.17. The molecule has 0 saturated heterocycles. The number of hydrogen-bond acceptors (Lipinski definition) is 2. The highest BCUT2D eigenvalue weighted by molar-refractivity contribution is 5.69. The Balaban J connectivity index is 2.51. The van der Waals surface area contributed by atoms with Gasteiger partial charge >= 0.3 is 5.97 Å². The molecule has 2 heteroatoms. The van der Waals surface area contributed by atoms with Crippen LogP contribution in [0.1, 0.15) is 17.5 Å². The predicted molar refractivity (Wildman–Crippen MR) is 56.9 cm³/mol. The van der Waals surface area contributed by atoms with Crippen LogP contribution in [0.3, 0.4) is 0 Å². The van der Waals surface area contributed by atoms with Gasteiger partial charge < -0.3 is 4.74 Å². The van der Waals surface area contributed by atoms with E-state index in [4.69, 9.17) is 0 Å². The van der Waals surface area contributed by atoms with Gasteiger partial charge in [-0.25, -0.2) is 0 Å². The number of esters is 1. The molecule has 2 nitrogen and oxygen atoms in total. The molecule has 0 radical (unpaired) electrons. The number of aryl methyl sites for hydroxylation is 1. The molecular formula is C12H14O2. The first-order chi connectivity index (χ1) is 6.76. The Morgan fingerprint density at radius 2 is 2.07 bits per heavy atom. The molecule has 0 unspecified atom stereocenters. The van der Waals surface area contributed by atoms with Gasteiger partial charge in [-0.2, -0.15) is 0 Å². The number of ether oxygens (including phenoxy) is 1. The number of carbonyl (C=O) groups is 1. The number of benzene rings is 1. The maximum Gasteiger partial charge on any atom is 0.305 e. The van der Waals surface area contributed by atoms with Crippen molar-refractivity contribution in [3.8, 4) is 0 Å². The van der Waals surface area contributed by atoms with Crippen molar-refractivity contribution in [2.75, 3.05) is 7.11 Å². The highest BCUT2D eigenvalue weighted by atomic mass is 16.5. The number of methoxy groups -OCH3 is 1. The van der Waals surface area contributed by atoms with Crippen molar-refractivity contribution >= 4 is 12.0 Å². The van der Waals surface area contributed by atoms with Gasteiger partial charge in [0.15, 0.2) is 0 Å². The van der Waals surface area contributed by atoms with Crippen molar-refractivity contribution in [2.24, 2.45) is 0 Å². The first-order valence-electron chi connectivity index (χ1n) is 4.54. The Labute approximate surface area is 84.2 Å². The summed E-state index contributed by atoms with van der Waals surface area (Å²) in [5.74, 6) is -0.169. The van der Waals surface area contributed by atoms with E-state index in [1.54, 1.807) is 6.08 Å². The van der Waals surface area contributed by atoms with Crippen LogP contribution >= 0.6 is 0 Å². The molecule has 1 aromatic carbocycles. The maximum atomic E-state index is 10.9. The van der Waals surface area contributed by atoms with E-state index in [9.17, 15) is 4.79 Å². The molecule has 14 heavy (non-hydrogen) atoms. The quantitative estimate of drug-likeness (QED) is 0.681. The molecule has 0 heterocycles. The molecule has 1 rings (SSSR count). The van der Waals surface area contributed by atoms with Gasteiger partial charge in [-0.15, -0.1) is 0 Å². The molecule has 0 aromatic heterocycles. The summed E-state index contributed by atoms with van der Waals surface area (Å²) in [4.78, 5) is 10.9. The lowest BCUT2D eigenvalue weighted by molar-refractivity contribution is -0.140. The molecule has 0 fully saturated rings. The molecule has 0 spiro atoms. The minimum Gasteiger partial charge on any atom is -0.469 e. The normalized spacial score (nSPS) is 9.50. The molecular weight excluding hydrogens is 176 g/mol. The average molecular weight is 190 g/mol. The lowest BCUT2D eigenvalue weighted by Crippen LogP contribution is -2.01. The summed E-state index contributed by atoms with van der Waals surface area (Å²) >= 11 is 0. The maximum absolute atomic E-state index is 10.9. The summed E-state index contributed by atoms with van der Waals surface area (Å²) in [5, 5.41) is 0. The van der Waals surface area contributed by atoms with E-state index in [1.165, 1.54) is 7.11 Å². The zero-order chi connectivity index (χ0) is 10.4. The summed E-state index contributed by atoms with van der Waals surface area (Å²) in [5.41, 5.74) is 2.23. The van der Waals surface area contributed by atoms with Crippen molar-refractivity contribution in [1.82, 2.24) is 0 Å². The van der Waals surface area contributed by atoms with Crippen LogP contribution in [0.5, 0.6) is 0 Å². The van der Waals surface area contributed by atoms with Crippen LogP contribution in [0, 0.1) is 0 Å². The zero-order valence-electron chi connectivity index (χ0n) is 8.32. The van der Waals surface area contributed by atoms with Crippen LogP contribution in [-0.4, -0.2) is 13.1 Å². The van der Waals surface area contributed by atoms with Crippen molar-refractivity contribution < 1.29 is 9.53 Å². The third-order valence-corrected chi connectivity index (χ3v) is 2.06. The number of hydrogen-bond donors (Lipinski definition) is 0. The monoisotopic (exact) mass is 190 g/mol. The second-order valence-corrected chi connectivity index (χ2v) is 3.02. The summed E-state index contributed by atoms with van der Waals surface area (Å²) in [7, 11) is 1.41. The molecule has 74 valence electrons. The first-order valence-corrected chi connectivity index (χ1v) is 4.54. The molecule has 0 aliphatic rings. The lowest BCUT2D eigenvalue weighted by Gasteiger charge is -2.00. The number of carbonyl (C=O) groups excluding carboxylic acids is 1. The largest absolute Gasteiger partial charge is 0.469 e. The summed E-state index contributed by atoms with van der Waals surface area (Å²) in [6, 6.07) is 7.97. The van der Waals surface area contributed by atoms with Crippen LogP contribution in [0.2, 0.25) is 0 Å². The van der Waals surface area contributed by atoms with E-state index in [0.717, 1.165) is 17.5 Å². The molecule has 0 aliphatic carbocycles. The third-order valence-electron chi connectivity index (χ3n) is 2.06. The van der Waals surface area contributed by atoms with E-state index in [1.807, 2.05) is 24.3 Å². The van der Waals surface area contributed by atoms with Crippen LogP contribution in [0.4, 0.5) is 0 Å². The summed E-state index contributed by atoms with van der Waals surface area (Å²) < 4.78 is 4.56. The van der Waals surface area contributed by atoms with E-state index < -0.39 is 0 Å². The van der Waals surface area contributed by atoms with E-state index in [2.05, 4.69) is 11.3 Å². The van der Waals surface area contributed by atoms with Crippen LogP contribution < -0.4 is 0 Å². The Morgan fingerprint density at radius 3 is 2.57 bits per heavy atom. The third kappa shape index (κ3) is 3.05. The van der Waals surface area contributed by atoms with Gasteiger partial charge in [-0.05, 0) is 17.5 Å². The van der Waals surface area contributed by atoms with Crippen LogP contribution in [-0.2, 0) is 16.0 Å². The molecule has 1 aromatic rings. The minimum atomic E-state index is -0.169. The van der Waals surface area contributed by atoms with Gasteiger partial charge in [0.1, 0.15) is 0 Å². The Hall–Kier alpha value is -1.57. The van der Waals surface area contributed by atoms with Crippen LogP contribution in [0.25, 0.3) is 6.08 Å². The van der Waals surface area contributed by atoms with Gasteiger partial charge in [0.25, 0.3) is 0 Å². The molecule has 0 atom stereocenters. The standard InChI is InChI=1S/C12H14O2/c1-3-10-4-6-11(7-5-10)8-9-12(13)14-2/h3-7H,1,8-9H2,2H3. The van der Waals surface area contributed by atoms with Gasteiger partial charge in [-0.3, -0.25) is 4.79 Å². The first kappa shape index (κ1) is 10.5. The predicted octanol–water partition coefficient (Wildman–Crippen LogP) is 2.44. The van der Waals surface area contributed by atoms with Gasteiger partial charge in [0, 0.05) is 6.42 Å². The second kappa shape index (κ2) is 5.22. The SMILES string of the molecule is C=Cc1ccc(CCC(=O)OC)cc1. The smallest absolute Gasteiger partial charge is 0.305 e. The van der Waals surface area contributed by atoms with Gasteiger partial charge in [0.05, 0.1) is 7.11 Å². The topological polar surface area (TPSA) is 26.3 Å². The van der Waals surface area contributed by atoms with Crippen molar-refractivity contribution in [3.05, 3.63) is 42.0 Å². The molecule has 0 saturated carbocycles. The van der Waals surface area contributed by atoms with Gasteiger partial charge in [-0.1, -0.05) is 36.9 Å². The average Bonchev–Trinajstić information content (AvgIpc) is 2.26. The number of rotatable bonds is 4. The van der Waals surface area contributed by atoms with Crippen LogP contribution in [0.15, 0.2) is 30.8 Å². The minimum absolute atomic E-state index is 0.169. The lowest BCUT2D eigenvalue weighted by atomic mass is 10.1. The molecule has 0 amide bonds. The second-order valence-electron chi connectivity index (χ2n) is 3.02. The highest BCUT2D eigenvalue weighted by Crippen LogP contribution is 2.07. The van der Waals surface area contributed by atoms with Crippen molar-refractivity contribution in [3.63, 3.8) is 0 Å². The Bertz CT molecular complexity index is 312. The fourth-order valence-corrected chi connectivity index (χ4v) is 1.17. The molecule has 0 bridgehead atoms. The summed E-state index contributed by atoms with van der Waals surface area (Å²) in [6.45, 7) is 3.67. The molecule has 0 aliphatic heterocycles. The van der Waals surface area contributed by atoms with Crippen molar-refractivity contribution in [2.45, 2.75) is 12.8 Å². The highest BCUT2D eigenvalue weighted by Gasteiger charge is 2.00. The van der Waals surface area contributed by atoms with Crippen molar-refractivity contribution in [1.29, 1.82) is 0 Å². The van der Waals surface area contributed by atoms with E-state index in [0.29, 0.717) is 6.42 Å². The zero-order valence-corrected chi connectivity index (χ0v) is 8.32. The molecule has 0 N–H and O–H groups in total. The Kier molecular flexibility index (Phi) is 3.92. The summed E-state index contributed by atoms with van der Waals surface area (Å²) in [6.07, 6.45) is 2.96.